The van der Waals surface area contributed by atoms with Crippen LogP contribution in [0.1, 0.15) is 27.8 Å². The number of aromatic nitrogens is 1. The number of rotatable bonds is 6. The molecule has 2 aromatic heterocycles. The van der Waals surface area contributed by atoms with Crippen molar-refractivity contribution in [1.82, 2.24) is 4.57 Å². The lowest BCUT2D eigenvalue weighted by atomic mass is 9.67. The van der Waals surface area contributed by atoms with E-state index >= 15 is 0 Å². The molecule has 0 bridgehead atoms. The topological polar surface area (TPSA) is 21.3 Å². The number of hydrogen-bond donors (Lipinski definition) is 0. The summed E-state index contributed by atoms with van der Waals surface area (Å²) in [7, 11) is 0. The molecule has 2 aliphatic rings. The summed E-state index contributed by atoms with van der Waals surface area (Å²) in [4.78, 5) is 4.92. The second kappa shape index (κ2) is 14.6. The summed E-state index contributed by atoms with van der Waals surface area (Å²) < 4.78 is 9.15. The van der Waals surface area contributed by atoms with Crippen molar-refractivity contribution in [1.29, 1.82) is 0 Å². The zero-order valence-corrected chi connectivity index (χ0v) is 37.2. The van der Waals surface area contributed by atoms with E-state index in [2.05, 4.69) is 241 Å². The molecule has 0 fully saturated rings. The standard InChI is InChI=1S/C63H40N2OS/c1-2-40-29-33-55-60(35-40)67-61-39-44(31-34-56(61)63(55)53-25-13-9-21-46(53)47-22-10-14-26-54(47)63)64(43-30-32-49-48-23-11-15-27-57(48)65(58(49)38-43)42-19-7-4-8-20-42)45-36-51(41-17-5-3-6-18-41)62-52(37-45)50-24-12-16-28-59(50)66-62/h2-39H,1H2. The Balaban J connectivity index is 1.07. The molecule has 0 saturated carbocycles. The van der Waals surface area contributed by atoms with Gasteiger partial charge in [-0.05, 0) is 111 Å². The van der Waals surface area contributed by atoms with Crippen LogP contribution in [0.4, 0.5) is 17.1 Å². The van der Waals surface area contributed by atoms with Gasteiger partial charge in [0.2, 0.25) is 0 Å². The predicted molar refractivity (Wildman–Crippen MR) is 280 cm³/mol. The Bertz CT molecular complexity index is 3950. The number of nitrogens with zero attached hydrogens (tertiary/aromatic N) is 2. The van der Waals surface area contributed by atoms with Gasteiger partial charge in [-0.2, -0.15) is 0 Å². The number of benzene rings is 10. The second-order valence-corrected chi connectivity index (χ2v) is 18.7. The third kappa shape index (κ3) is 5.48. The van der Waals surface area contributed by atoms with Crippen molar-refractivity contribution >= 4 is 78.6 Å². The Hall–Kier alpha value is -8.31. The van der Waals surface area contributed by atoms with E-state index in [1.807, 2.05) is 17.8 Å². The van der Waals surface area contributed by atoms with Gasteiger partial charge in [-0.15, -0.1) is 0 Å². The number of anilines is 3. The van der Waals surface area contributed by atoms with Gasteiger partial charge in [-0.25, -0.2) is 0 Å². The molecule has 0 N–H and O–H groups in total. The van der Waals surface area contributed by atoms with Crippen LogP contribution in [0.15, 0.2) is 245 Å². The molecular formula is C63H40N2OS. The summed E-state index contributed by atoms with van der Waals surface area (Å²) in [6.45, 7) is 4.19. The highest BCUT2D eigenvalue weighted by Gasteiger charge is 2.50. The maximum atomic E-state index is 6.75. The molecule has 0 unspecified atom stereocenters. The highest BCUT2D eigenvalue weighted by Crippen LogP contribution is 2.63. The van der Waals surface area contributed by atoms with Crippen LogP contribution >= 0.6 is 11.8 Å². The van der Waals surface area contributed by atoms with Crippen LogP contribution in [0.3, 0.4) is 0 Å². The quantitative estimate of drug-likeness (QED) is 0.166. The Labute approximate surface area is 392 Å². The van der Waals surface area contributed by atoms with E-state index in [0.29, 0.717) is 0 Å². The number of furan rings is 1. The molecule has 0 saturated heterocycles. The first-order valence-corrected chi connectivity index (χ1v) is 23.7. The van der Waals surface area contributed by atoms with Crippen LogP contribution in [0.2, 0.25) is 0 Å². The van der Waals surface area contributed by atoms with Gasteiger partial charge in [0.05, 0.1) is 16.4 Å². The van der Waals surface area contributed by atoms with Crippen molar-refractivity contribution < 1.29 is 4.42 Å². The average Bonchev–Trinajstić information content (AvgIpc) is 4.03. The third-order valence-corrected chi connectivity index (χ3v) is 15.3. The highest BCUT2D eigenvalue weighted by molar-refractivity contribution is 7.99. The Morgan fingerprint density at radius 3 is 1.84 bits per heavy atom. The fourth-order valence-corrected chi connectivity index (χ4v) is 12.6. The summed E-state index contributed by atoms with van der Waals surface area (Å²) in [5.74, 6) is 0. The normalized spacial score (nSPS) is 13.2. The molecule has 1 aliphatic carbocycles. The lowest BCUT2D eigenvalue weighted by molar-refractivity contribution is 0.670. The molecule has 3 nitrogen and oxygen atoms in total. The minimum absolute atomic E-state index is 0.503. The van der Waals surface area contributed by atoms with Crippen LogP contribution in [0.5, 0.6) is 0 Å². The van der Waals surface area contributed by atoms with E-state index in [4.69, 9.17) is 4.42 Å². The highest BCUT2D eigenvalue weighted by atomic mass is 32.2. The lowest BCUT2D eigenvalue weighted by Gasteiger charge is -2.40. The smallest absolute Gasteiger partial charge is 0.143 e. The molecule has 3 heterocycles. The van der Waals surface area contributed by atoms with Gasteiger partial charge in [0.1, 0.15) is 11.2 Å². The average molecular weight is 873 g/mol. The van der Waals surface area contributed by atoms with Crippen LogP contribution in [-0.2, 0) is 5.41 Å². The van der Waals surface area contributed by atoms with Gasteiger partial charge in [-0.3, -0.25) is 0 Å². The molecule has 0 radical (unpaired) electrons. The largest absolute Gasteiger partial charge is 0.455 e. The monoisotopic (exact) mass is 872 g/mol. The van der Waals surface area contributed by atoms with Gasteiger partial charge in [-0.1, -0.05) is 182 Å². The zero-order valence-electron chi connectivity index (χ0n) is 36.4. The fraction of sp³-hybridized carbons (Fsp3) is 0.0159. The van der Waals surface area contributed by atoms with E-state index in [1.165, 1.54) is 59.5 Å². The molecule has 4 heteroatoms. The van der Waals surface area contributed by atoms with E-state index in [0.717, 1.165) is 66.9 Å². The van der Waals surface area contributed by atoms with Crippen LogP contribution in [-0.4, -0.2) is 4.57 Å². The van der Waals surface area contributed by atoms with Crippen molar-refractivity contribution in [3.63, 3.8) is 0 Å². The molecule has 314 valence electrons. The van der Waals surface area contributed by atoms with E-state index in [9.17, 15) is 0 Å². The first-order valence-electron chi connectivity index (χ1n) is 22.9. The van der Waals surface area contributed by atoms with E-state index in [-0.39, 0.29) is 0 Å². The number of hydrogen-bond acceptors (Lipinski definition) is 3. The molecule has 1 spiro atoms. The SMILES string of the molecule is C=Cc1ccc2c(c1)Sc1cc(N(c3cc(-c4ccccc4)c4oc5ccccc5c4c3)c3ccc4c5ccccc5n(-c5ccccc5)c4c3)ccc1C21c2ccccc2-c2ccccc21. The molecule has 1 aliphatic heterocycles. The molecule has 0 atom stereocenters. The molecule has 0 amide bonds. The second-order valence-electron chi connectivity index (χ2n) is 17.6. The first-order chi connectivity index (χ1) is 33.2. The number of para-hydroxylation sites is 3. The van der Waals surface area contributed by atoms with Crippen molar-refractivity contribution in [2.45, 2.75) is 15.2 Å². The predicted octanol–water partition coefficient (Wildman–Crippen LogP) is 17.3. The Morgan fingerprint density at radius 2 is 1.06 bits per heavy atom. The van der Waals surface area contributed by atoms with Gasteiger partial charge >= 0.3 is 0 Å². The summed E-state index contributed by atoms with van der Waals surface area (Å²) in [5.41, 5.74) is 18.9. The third-order valence-electron chi connectivity index (χ3n) is 14.2. The van der Waals surface area contributed by atoms with E-state index in [1.54, 1.807) is 0 Å². The van der Waals surface area contributed by atoms with Crippen LogP contribution in [0.25, 0.3) is 77.8 Å². The lowest BCUT2D eigenvalue weighted by Crippen LogP contribution is -2.32. The minimum atomic E-state index is -0.503. The van der Waals surface area contributed by atoms with E-state index < -0.39 is 5.41 Å². The summed E-state index contributed by atoms with van der Waals surface area (Å²) >= 11 is 1.86. The fourth-order valence-electron chi connectivity index (χ4n) is 11.4. The van der Waals surface area contributed by atoms with Crippen molar-refractivity contribution in [2.75, 3.05) is 4.90 Å². The molecule has 10 aromatic carbocycles. The first kappa shape index (κ1) is 38.0. The molecule has 12 aromatic rings. The summed E-state index contributed by atoms with van der Waals surface area (Å²) in [5, 5.41) is 4.60. The van der Waals surface area contributed by atoms with Crippen LogP contribution < -0.4 is 4.90 Å². The van der Waals surface area contributed by atoms with Gasteiger partial charge in [0, 0.05) is 59.6 Å². The zero-order chi connectivity index (χ0) is 44.2. The maximum absolute atomic E-state index is 6.75. The molecular weight excluding hydrogens is 833 g/mol. The van der Waals surface area contributed by atoms with Crippen LogP contribution in [0, 0.1) is 0 Å². The summed E-state index contributed by atoms with van der Waals surface area (Å²) in [6.07, 6.45) is 1.96. The molecule has 67 heavy (non-hydrogen) atoms. The van der Waals surface area contributed by atoms with Gasteiger partial charge < -0.3 is 13.9 Å². The Kier molecular flexibility index (Phi) is 8.28. The maximum Gasteiger partial charge on any atom is 0.143 e. The van der Waals surface area contributed by atoms with Crippen molar-refractivity contribution in [3.05, 3.63) is 259 Å². The molecule has 14 rings (SSSR count). The summed E-state index contributed by atoms with van der Waals surface area (Å²) in [6, 6.07) is 82.3. The van der Waals surface area contributed by atoms with Gasteiger partial charge in [0.25, 0.3) is 0 Å². The van der Waals surface area contributed by atoms with Crippen molar-refractivity contribution in [3.8, 4) is 27.9 Å². The van der Waals surface area contributed by atoms with Crippen molar-refractivity contribution in [2.24, 2.45) is 0 Å². The Morgan fingerprint density at radius 1 is 0.448 bits per heavy atom. The minimum Gasteiger partial charge on any atom is -0.455 e. The number of fused-ring (bicyclic) bond motifs is 15. The van der Waals surface area contributed by atoms with Gasteiger partial charge in [0.15, 0.2) is 0 Å².